The molecule has 0 aliphatic carbocycles. The quantitative estimate of drug-likeness (QED) is 0.774. The van der Waals surface area contributed by atoms with Gasteiger partial charge in [0.2, 0.25) is 5.91 Å². The van der Waals surface area contributed by atoms with E-state index in [4.69, 9.17) is 10.5 Å². The van der Waals surface area contributed by atoms with E-state index in [1.807, 2.05) is 0 Å². The number of anilines is 1. The van der Waals surface area contributed by atoms with Crippen molar-refractivity contribution in [1.29, 1.82) is 0 Å². The minimum absolute atomic E-state index is 0. The normalized spacial score (nSPS) is 10.9. The molecule has 1 rings (SSSR count). The van der Waals surface area contributed by atoms with E-state index in [1.54, 1.807) is 31.2 Å². The molecule has 0 fully saturated rings. The van der Waals surface area contributed by atoms with Gasteiger partial charge in [0.05, 0.1) is 7.11 Å². The first-order chi connectivity index (χ1) is 9.01. The zero-order valence-corrected chi connectivity index (χ0v) is 12.2. The van der Waals surface area contributed by atoms with E-state index in [1.165, 1.54) is 7.11 Å². The Hall–Kier alpha value is -1.79. The number of esters is 1. The van der Waals surface area contributed by atoms with Crippen molar-refractivity contribution in [1.82, 2.24) is 0 Å². The van der Waals surface area contributed by atoms with Gasteiger partial charge in [-0.05, 0) is 31.2 Å². The highest BCUT2D eigenvalue weighted by Gasteiger charge is 2.06. The number of carbonyl (C=O) groups excluding carboxylic acids is 2. The number of rotatable bonds is 6. The molecule has 1 aromatic carbocycles. The van der Waals surface area contributed by atoms with Gasteiger partial charge in [-0.1, -0.05) is 0 Å². The fourth-order valence-electron chi connectivity index (χ4n) is 1.34. The van der Waals surface area contributed by atoms with Gasteiger partial charge in [0, 0.05) is 18.2 Å². The van der Waals surface area contributed by atoms with Gasteiger partial charge in [0.15, 0.2) is 6.61 Å². The van der Waals surface area contributed by atoms with Gasteiger partial charge in [-0.3, -0.25) is 4.79 Å². The maximum atomic E-state index is 11.5. The lowest BCUT2D eigenvalue weighted by Crippen LogP contribution is -2.23. The monoisotopic (exact) mass is 302 g/mol. The number of hydrogen-bond donors (Lipinski definition) is 2. The standard InChI is InChI=1S/C13H18N2O4.ClH/c1-9(14)7-12(16)15-10-3-5-11(6-4-10)19-8-13(17)18-2;/h3-6,9H,7-8,14H2,1-2H3,(H,15,16);1H. The average molecular weight is 303 g/mol. The minimum atomic E-state index is -0.450. The molecular weight excluding hydrogens is 284 g/mol. The zero-order valence-electron chi connectivity index (χ0n) is 11.4. The number of hydrogen-bond acceptors (Lipinski definition) is 5. The fourth-order valence-corrected chi connectivity index (χ4v) is 1.34. The third-order valence-corrected chi connectivity index (χ3v) is 2.23. The number of methoxy groups -OCH3 is 1. The van der Waals surface area contributed by atoms with Crippen LogP contribution >= 0.6 is 12.4 Å². The van der Waals surface area contributed by atoms with Crippen molar-refractivity contribution in [3.8, 4) is 5.75 Å². The summed E-state index contributed by atoms with van der Waals surface area (Å²) in [6, 6.07) is 6.51. The Balaban J connectivity index is 0.00000361. The van der Waals surface area contributed by atoms with Gasteiger partial charge in [-0.15, -0.1) is 12.4 Å². The Bertz CT molecular complexity index is 435. The van der Waals surface area contributed by atoms with Gasteiger partial charge in [0.1, 0.15) is 5.75 Å². The molecule has 0 heterocycles. The molecule has 6 nitrogen and oxygen atoms in total. The molecule has 0 saturated heterocycles. The number of nitrogens with two attached hydrogens (primary N) is 1. The first-order valence-corrected chi connectivity index (χ1v) is 5.86. The van der Waals surface area contributed by atoms with Crippen LogP contribution in [-0.2, 0) is 14.3 Å². The smallest absolute Gasteiger partial charge is 0.343 e. The third-order valence-electron chi connectivity index (χ3n) is 2.23. The fraction of sp³-hybridized carbons (Fsp3) is 0.385. The lowest BCUT2D eigenvalue weighted by atomic mass is 10.2. The molecule has 3 N–H and O–H groups in total. The molecule has 0 spiro atoms. The lowest BCUT2D eigenvalue weighted by molar-refractivity contribution is -0.142. The van der Waals surface area contributed by atoms with Crippen LogP contribution in [0.2, 0.25) is 0 Å². The average Bonchev–Trinajstić information content (AvgIpc) is 2.36. The summed E-state index contributed by atoms with van der Waals surface area (Å²) in [4.78, 5) is 22.4. The number of ether oxygens (including phenoxy) is 2. The maximum absolute atomic E-state index is 11.5. The predicted molar refractivity (Wildman–Crippen MR) is 78.1 cm³/mol. The van der Waals surface area contributed by atoms with Crippen LogP contribution in [0.5, 0.6) is 5.75 Å². The first-order valence-electron chi connectivity index (χ1n) is 5.86. The van der Waals surface area contributed by atoms with E-state index >= 15 is 0 Å². The molecule has 7 heteroatoms. The molecular formula is C13H19ClN2O4. The van der Waals surface area contributed by atoms with Gasteiger partial charge in [-0.25, -0.2) is 4.79 Å². The summed E-state index contributed by atoms with van der Waals surface area (Å²) in [5.74, 6) is -0.0665. The molecule has 0 saturated carbocycles. The summed E-state index contributed by atoms with van der Waals surface area (Å²) in [7, 11) is 1.29. The summed E-state index contributed by atoms with van der Waals surface area (Å²) < 4.78 is 9.63. The van der Waals surface area contributed by atoms with Gasteiger partial charge < -0.3 is 20.5 Å². The molecule has 0 aliphatic heterocycles. The van der Waals surface area contributed by atoms with Crippen molar-refractivity contribution in [2.75, 3.05) is 19.0 Å². The van der Waals surface area contributed by atoms with Crippen molar-refractivity contribution in [3.63, 3.8) is 0 Å². The second-order valence-electron chi connectivity index (χ2n) is 4.12. The third kappa shape index (κ3) is 6.96. The Morgan fingerprint density at radius 1 is 1.30 bits per heavy atom. The van der Waals surface area contributed by atoms with E-state index in [-0.39, 0.29) is 37.4 Å². The summed E-state index contributed by atoms with van der Waals surface area (Å²) in [5.41, 5.74) is 6.18. The summed E-state index contributed by atoms with van der Waals surface area (Å²) >= 11 is 0. The van der Waals surface area contributed by atoms with E-state index in [0.717, 1.165) is 0 Å². The van der Waals surface area contributed by atoms with E-state index in [9.17, 15) is 9.59 Å². The maximum Gasteiger partial charge on any atom is 0.343 e. The Morgan fingerprint density at radius 2 is 1.90 bits per heavy atom. The molecule has 1 amide bonds. The van der Waals surface area contributed by atoms with Crippen LogP contribution in [-0.4, -0.2) is 31.6 Å². The summed E-state index contributed by atoms with van der Waals surface area (Å²) in [6.45, 7) is 1.62. The molecule has 112 valence electrons. The highest BCUT2D eigenvalue weighted by atomic mass is 35.5. The van der Waals surface area contributed by atoms with Crippen molar-refractivity contribution >= 4 is 30.0 Å². The van der Waals surface area contributed by atoms with Crippen molar-refractivity contribution < 1.29 is 19.1 Å². The lowest BCUT2D eigenvalue weighted by Gasteiger charge is -2.08. The molecule has 1 unspecified atom stereocenters. The van der Waals surface area contributed by atoms with Crippen LogP contribution in [0.1, 0.15) is 13.3 Å². The van der Waals surface area contributed by atoms with Gasteiger partial charge in [-0.2, -0.15) is 0 Å². The largest absolute Gasteiger partial charge is 0.482 e. The molecule has 1 atom stereocenters. The molecule has 20 heavy (non-hydrogen) atoms. The van der Waals surface area contributed by atoms with Crippen molar-refractivity contribution in [2.45, 2.75) is 19.4 Å². The number of amides is 1. The minimum Gasteiger partial charge on any atom is -0.482 e. The molecule has 0 aromatic heterocycles. The van der Waals surface area contributed by atoms with E-state index in [0.29, 0.717) is 11.4 Å². The topological polar surface area (TPSA) is 90.6 Å². The summed E-state index contributed by atoms with van der Waals surface area (Å²) in [5, 5.41) is 2.71. The molecule has 0 radical (unpaired) electrons. The van der Waals surface area contributed by atoms with Crippen LogP contribution in [0.25, 0.3) is 0 Å². The van der Waals surface area contributed by atoms with Crippen LogP contribution in [0.3, 0.4) is 0 Å². The SMILES string of the molecule is COC(=O)COc1ccc(NC(=O)CC(C)N)cc1.Cl. The molecule has 0 aliphatic rings. The number of carbonyl (C=O) groups is 2. The number of nitrogens with one attached hydrogen (secondary N) is 1. The Kier molecular flexibility index (Phi) is 8.35. The summed E-state index contributed by atoms with van der Waals surface area (Å²) in [6.07, 6.45) is 0.264. The highest BCUT2D eigenvalue weighted by Crippen LogP contribution is 2.15. The molecule has 1 aromatic rings. The van der Waals surface area contributed by atoms with Crippen LogP contribution in [0, 0.1) is 0 Å². The van der Waals surface area contributed by atoms with Crippen molar-refractivity contribution in [3.05, 3.63) is 24.3 Å². The van der Waals surface area contributed by atoms with E-state index < -0.39 is 5.97 Å². The Morgan fingerprint density at radius 3 is 2.40 bits per heavy atom. The van der Waals surface area contributed by atoms with Crippen LogP contribution in [0.4, 0.5) is 5.69 Å². The van der Waals surface area contributed by atoms with Crippen LogP contribution in [0.15, 0.2) is 24.3 Å². The first kappa shape index (κ1) is 18.2. The molecule has 0 bridgehead atoms. The predicted octanol–water partition coefficient (Wildman–Crippen LogP) is 1.34. The van der Waals surface area contributed by atoms with Gasteiger partial charge in [0.25, 0.3) is 0 Å². The Labute approximate surface area is 124 Å². The van der Waals surface area contributed by atoms with E-state index in [2.05, 4.69) is 10.1 Å². The number of halogens is 1. The van der Waals surface area contributed by atoms with Gasteiger partial charge >= 0.3 is 5.97 Å². The zero-order chi connectivity index (χ0) is 14.3. The second kappa shape index (κ2) is 9.17. The second-order valence-corrected chi connectivity index (χ2v) is 4.12. The number of benzene rings is 1. The van der Waals surface area contributed by atoms with Crippen LogP contribution < -0.4 is 15.8 Å². The van der Waals surface area contributed by atoms with Crippen molar-refractivity contribution in [2.24, 2.45) is 5.73 Å². The highest BCUT2D eigenvalue weighted by molar-refractivity contribution is 5.91.